The average molecular weight is 316 g/mol. The molecule has 2 rings (SSSR count). The van der Waals surface area contributed by atoms with Crippen molar-refractivity contribution in [2.75, 3.05) is 5.32 Å². The van der Waals surface area contributed by atoms with E-state index in [1.807, 2.05) is 38.1 Å². The number of rotatable bonds is 6. The molecule has 1 atom stereocenters. The van der Waals surface area contributed by atoms with Crippen molar-refractivity contribution in [2.24, 2.45) is 0 Å². The zero-order valence-corrected chi connectivity index (χ0v) is 13.4. The normalized spacial score (nSPS) is 12.0. The van der Waals surface area contributed by atoms with E-state index in [9.17, 15) is 14.7 Å². The highest BCUT2D eigenvalue weighted by Crippen LogP contribution is 2.17. The molecule has 0 aliphatic heterocycles. The maximum Gasteiger partial charge on any atom is 0.358 e. The fourth-order valence-electron chi connectivity index (χ4n) is 2.25. The molecule has 0 saturated heterocycles. The van der Waals surface area contributed by atoms with Gasteiger partial charge in [-0.1, -0.05) is 36.3 Å². The third kappa shape index (κ3) is 3.74. The lowest BCUT2D eigenvalue weighted by atomic mass is 10.2. The largest absolute Gasteiger partial charge is 0.476 e. The number of carboxylic acids is 1. The number of aromatic carboxylic acids is 1. The van der Waals surface area contributed by atoms with Gasteiger partial charge in [0.1, 0.15) is 6.04 Å². The molecule has 0 bridgehead atoms. The van der Waals surface area contributed by atoms with Crippen molar-refractivity contribution in [1.82, 2.24) is 15.0 Å². The van der Waals surface area contributed by atoms with Crippen molar-refractivity contribution in [3.05, 3.63) is 41.2 Å². The van der Waals surface area contributed by atoms with Gasteiger partial charge < -0.3 is 10.4 Å². The third-order valence-corrected chi connectivity index (χ3v) is 3.55. The van der Waals surface area contributed by atoms with Crippen LogP contribution in [0.15, 0.2) is 24.3 Å². The molecule has 2 N–H and O–H groups in total. The quantitative estimate of drug-likeness (QED) is 0.853. The smallest absolute Gasteiger partial charge is 0.358 e. The van der Waals surface area contributed by atoms with Crippen molar-refractivity contribution < 1.29 is 14.7 Å². The van der Waals surface area contributed by atoms with Gasteiger partial charge in [0.2, 0.25) is 5.91 Å². The van der Waals surface area contributed by atoms with Crippen LogP contribution in [-0.2, 0) is 11.2 Å². The van der Waals surface area contributed by atoms with E-state index in [1.165, 1.54) is 4.68 Å². The summed E-state index contributed by atoms with van der Waals surface area (Å²) in [5, 5.41) is 19.5. The molecule has 0 fully saturated rings. The minimum atomic E-state index is -1.13. The predicted octanol–water partition coefficient (Wildman–Crippen LogP) is 2.44. The Morgan fingerprint density at radius 1 is 1.30 bits per heavy atom. The highest BCUT2D eigenvalue weighted by molar-refractivity contribution is 5.93. The molecule has 7 nitrogen and oxygen atoms in total. The molecular weight excluding hydrogens is 296 g/mol. The molecule has 1 aromatic heterocycles. The van der Waals surface area contributed by atoms with Crippen molar-refractivity contribution in [3.8, 4) is 0 Å². The number of aryl methyl sites for hydroxylation is 1. The van der Waals surface area contributed by atoms with Gasteiger partial charge in [-0.15, -0.1) is 5.10 Å². The lowest BCUT2D eigenvalue weighted by Crippen LogP contribution is -2.26. The monoisotopic (exact) mass is 316 g/mol. The summed E-state index contributed by atoms with van der Waals surface area (Å²) >= 11 is 0. The van der Waals surface area contributed by atoms with E-state index >= 15 is 0 Å². The molecule has 7 heteroatoms. The van der Waals surface area contributed by atoms with Crippen molar-refractivity contribution >= 4 is 17.6 Å². The fourth-order valence-corrected chi connectivity index (χ4v) is 2.25. The molecule has 0 aliphatic rings. The second-order valence-corrected chi connectivity index (χ2v) is 5.42. The summed E-state index contributed by atoms with van der Waals surface area (Å²) < 4.78 is 1.39. The molecule has 0 saturated carbocycles. The second kappa shape index (κ2) is 7.04. The van der Waals surface area contributed by atoms with Gasteiger partial charge in [-0.05, 0) is 32.4 Å². The van der Waals surface area contributed by atoms with E-state index in [4.69, 9.17) is 0 Å². The van der Waals surface area contributed by atoms with Gasteiger partial charge in [-0.3, -0.25) is 4.79 Å². The lowest BCUT2D eigenvalue weighted by Gasteiger charge is -2.15. The Balaban J connectivity index is 2.22. The number of anilines is 1. The van der Waals surface area contributed by atoms with Crippen molar-refractivity contribution in [3.63, 3.8) is 0 Å². The Bertz CT molecular complexity index is 707. The number of amides is 1. The number of benzene rings is 1. The van der Waals surface area contributed by atoms with Crippen LogP contribution >= 0.6 is 0 Å². The van der Waals surface area contributed by atoms with E-state index in [0.29, 0.717) is 17.8 Å². The molecule has 1 unspecified atom stereocenters. The molecular formula is C16H20N4O3. The Labute approximate surface area is 134 Å². The van der Waals surface area contributed by atoms with Crippen molar-refractivity contribution in [1.29, 1.82) is 0 Å². The number of aromatic nitrogens is 3. The van der Waals surface area contributed by atoms with Gasteiger partial charge in [0.15, 0.2) is 5.69 Å². The topological polar surface area (TPSA) is 97.1 Å². The number of nitrogens with one attached hydrogen (secondary N) is 1. The van der Waals surface area contributed by atoms with E-state index in [1.54, 1.807) is 6.92 Å². The summed E-state index contributed by atoms with van der Waals surface area (Å²) in [5.74, 6) is -1.40. The standard InChI is InChI=1S/C16H20N4O3/c1-4-5-13-14(16(22)23)18-19-20(13)11(3)15(21)17-12-8-6-10(2)7-9-12/h6-9,11H,4-5H2,1-3H3,(H,17,21)(H,22,23). The first-order chi connectivity index (χ1) is 10.9. The zero-order valence-electron chi connectivity index (χ0n) is 13.4. The van der Waals surface area contributed by atoms with Gasteiger partial charge >= 0.3 is 5.97 Å². The molecule has 1 aromatic carbocycles. The molecule has 0 aliphatic carbocycles. The van der Waals surface area contributed by atoms with E-state index in [2.05, 4.69) is 15.6 Å². The van der Waals surface area contributed by atoms with Gasteiger partial charge in [0.25, 0.3) is 0 Å². The van der Waals surface area contributed by atoms with Gasteiger partial charge in [0.05, 0.1) is 5.69 Å². The van der Waals surface area contributed by atoms with E-state index in [0.717, 1.165) is 12.0 Å². The number of hydrogen-bond acceptors (Lipinski definition) is 4. The highest BCUT2D eigenvalue weighted by Gasteiger charge is 2.24. The molecule has 23 heavy (non-hydrogen) atoms. The van der Waals surface area contributed by atoms with Crippen LogP contribution in [0, 0.1) is 6.92 Å². The molecule has 2 aromatic rings. The maximum absolute atomic E-state index is 12.4. The highest BCUT2D eigenvalue weighted by atomic mass is 16.4. The minimum Gasteiger partial charge on any atom is -0.476 e. The molecule has 1 heterocycles. The Morgan fingerprint density at radius 3 is 2.52 bits per heavy atom. The van der Waals surface area contributed by atoms with Crippen LogP contribution in [0.4, 0.5) is 5.69 Å². The summed E-state index contributed by atoms with van der Waals surface area (Å²) in [7, 11) is 0. The van der Waals surface area contributed by atoms with Crippen LogP contribution in [-0.4, -0.2) is 32.0 Å². The Kier molecular flexibility index (Phi) is 5.10. The minimum absolute atomic E-state index is 0.0955. The molecule has 0 radical (unpaired) electrons. The van der Waals surface area contributed by atoms with Crippen LogP contribution in [0.5, 0.6) is 0 Å². The number of hydrogen-bond donors (Lipinski definition) is 2. The molecule has 0 spiro atoms. The van der Waals surface area contributed by atoms with Crippen LogP contribution < -0.4 is 5.32 Å². The number of nitrogens with zero attached hydrogens (tertiary/aromatic N) is 3. The van der Waals surface area contributed by atoms with E-state index in [-0.39, 0.29) is 11.6 Å². The molecule has 122 valence electrons. The second-order valence-electron chi connectivity index (χ2n) is 5.42. The van der Waals surface area contributed by atoms with Crippen LogP contribution in [0.1, 0.15) is 48.1 Å². The summed E-state index contributed by atoms with van der Waals surface area (Å²) in [6.45, 7) is 5.57. The van der Waals surface area contributed by atoms with E-state index < -0.39 is 12.0 Å². The predicted molar refractivity (Wildman–Crippen MR) is 85.5 cm³/mol. The van der Waals surface area contributed by atoms with Crippen LogP contribution in [0.3, 0.4) is 0 Å². The van der Waals surface area contributed by atoms with Crippen molar-refractivity contribution in [2.45, 2.75) is 39.7 Å². The molecule has 1 amide bonds. The number of carbonyl (C=O) groups is 2. The summed E-state index contributed by atoms with van der Waals surface area (Å²) in [5.41, 5.74) is 2.15. The Morgan fingerprint density at radius 2 is 1.96 bits per heavy atom. The van der Waals surface area contributed by atoms with Crippen LogP contribution in [0.25, 0.3) is 0 Å². The zero-order chi connectivity index (χ0) is 17.0. The van der Waals surface area contributed by atoms with Gasteiger partial charge in [-0.25, -0.2) is 9.48 Å². The SMILES string of the molecule is CCCc1c(C(=O)O)nnn1C(C)C(=O)Nc1ccc(C)cc1. The lowest BCUT2D eigenvalue weighted by molar-refractivity contribution is -0.119. The number of carboxylic acid groups (broad SMARTS) is 1. The third-order valence-electron chi connectivity index (χ3n) is 3.55. The number of carbonyl (C=O) groups excluding carboxylic acids is 1. The first kappa shape index (κ1) is 16.7. The average Bonchev–Trinajstić information content (AvgIpc) is 2.93. The Hall–Kier alpha value is -2.70. The van der Waals surface area contributed by atoms with Gasteiger partial charge in [-0.2, -0.15) is 0 Å². The fraction of sp³-hybridized carbons (Fsp3) is 0.375. The summed E-state index contributed by atoms with van der Waals surface area (Å²) in [6, 6.07) is 6.79. The first-order valence-electron chi connectivity index (χ1n) is 7.49. The van der Waals surface area contributed by atoms with Crippen LogP contribution in [0.2, 0.25) is 0 Å². The summed E-state index contributed by atoms with van der Waals surface area (Å²) in [4.78, 5) is 23.6. The van der Waals surface area contributed by atoms with Gasteiger partial charge in [0, 0.05) is 5.69 Å². The summed E-state index contributed by atoms with van der Waals surface area (Å²) in [6.07, 6.45) is 1.23. The first-order valence-corrected chi connectivity index (χ1v) is 7.49. The maximum atomic E-state index is 12.4.